The lowest BCUT2D eigenvalue weighted by molar-refractivity contribution is -0.352. The van der Waals surface area contributed by atoms with Crippen LogP contribution in [-0.2, 0) is 19.8 Å². The van der Waals surface area contributed by atoms with E-state index in [0.29, 0.717) is 43.2 Å². The number of hydrogen-bond donors (Lipinski definition) is 1. The molecule has 7 rings (SSSR count). The van der Waals surface area contributed by atoms with Crippen molar-refractivity contribution in [3.8, 4) is 0 Å². The van der Waals surface area contributed by atoms with Crippen molar-refractivity contribution in [2.45, 2.75) is 74.0 Å². The molecule has 1 aromatic carbocycles. The molecule has 2 heterocycles. The number of aromatic nitrogens is 2. The highest BCUT2D eigenvalue weighted by molar-refractivity contribution is 6.39. The van der Waals surface area contributed by atoms with Gasteiger partial charge in [-0.1, -0.05) is 35.5 Å². The average Bonchev–Trinajstić information content (AvgIpc) is 3.36. The Morgan fingerprint density at radius 1 is 1.12 bits per heavy atom. The second-order valence-electron chi connectivity index (χ2n) is 9.59. The van der Waals surface area contributed by atoms with Crippen molar-refractivity contribution in [3.63, 3.8) is 0 Å². The van der Waals surface area contributed by atoms with Crippen molar-refractivity contribution in [3.05, 3.63) is 47.7 Å². The maximum absolute atomic E-state index is 12.7. The number of nitrogens with one attached hydrogen (secondary N) is 1. The van der Waals surface area contributed by atoms with Gasteiger partial charge in [0.2, 0.25) is 11.8 Å². The van der Waals surface area contributed by atoms with Crippen LogP contribution in [0.5, 0.6) is 0 Å². The van der Waals surface area contributed by atoms with Crippen molar-refractivity contribution < 1.29 is 32.0 Å². The van der Waals surface area contributed by atoms with Crippen molar-refractivity contribution in [2.24, 2.45) is 5.16 Å². The van der Waals surface area contributed by atoms with Gasteiger partial charge in [-0.05, 0) is 37.7 Å². The number of benzene rings is 1. The summed E-state index contributed by atoms with van der Waals surface area (Å²) >= 11 is 0. The molecule has 1 aromatic heterocycles. The number of hydrogen-bond acceptors (Lipinski definition) is 7. The van der Waals surface area contributed by atoms with Crippen LogP contribution in [0, 0.1) is 0 Å². The molecule has 1 aliphatic heterocycles. The van der Waals surface area contributed by atoms with Gasteiger partial charge < -0.3 is 14.6 Å². The largest absolute Gasteiger partial charge is 0.522 e. The van der Waals surface area contributed by atoms with Crippen molar-refractivity contribution in [1.29, 1.82) is 0 Å². The van der Waals surface area contributed by atoms with Crippen LogP contribution in [0.2, 0.25) is 0 Å². The molecule has 0 spiro atoms. The molecule has 1 amide bonds. The van der Waals surface area contributed by atoms with E-state index in [1.165, 1.54) is 0 Å². The fraction of sp³-hybridized carbons (Fsp3) is 0.545. The highest BCUT2D eigenvalue weighted by Crippen LogP contribution is 2.67. The van der Waals surface area contributed by atoms with Crippen molar-refractivity contribution in [1.82, 2.24) is 15.5 Å². The van der Waals surface area contributed by atoms with Gasteiger partial charge in [-0.3, -0.25) is 9.53 Å². The minimum Gasteiger partial charge on any atom is -0.424 e. The Morgan fingerprint density at radius 3 is 2.55 bits per heavy atom. The Balaban J connectivity index is 1.00. The molecule has 0 radical (unpaired) electrons. The SMILES string of the molecule is O=C(NC12CC(c3nnc(C4CC(OC(F)(F)F)C4)o3)(C1)C2)C1=NOC(c2ccccc2)C1. The second-order valence-corrected chi connectivity index (χ2v) is 9.59. The van der Waals surface area contributed by atoms with E-state index in [1.54, 1.807) is 0 Å². The summed E-state index contributed by atoms with van der Waals surface area (Å²) in [6, 6.07) is 9.64. The van der Waals surface area contributed by atoms with E-state index >= 15 is 0 Å². The molecule has 2 aromatic rings. The summed E-state index contributed by atoms with van der Waals surface area (Å²) < 4.78 is 46.7. The molecule has 1 N–H and O–H groups in total. The van der Waals surface area contributed by atoms with Gasteiger partial charge in [0, 0.05) is 17.9 Å². The Kier molecular flexibility index (Phi) is 4.39. The summed E-state index contributed by atoms with van der Waals surface area (Å²) in [6.45, 7) is 0. The quantitative estimate of drug-likeness (QED) is 0.704. The number of nitrogens with zero attached hydrogens (tertiary/aromatic N) is 3. The lowest BCUT2D eigenvalue weighted by Gasteiger charge is -2.68. The molecular formula is C22H21F3N4O4. The van der Waals surface area contributed by atoms with Gasteiger partial charge in [0.25, 0.3) is 5.91 Å². The molecule has 33 heavy (non-hydrogen) atoms. The van der Waals surface area contributed by atoms with E-state index in [2.05, 4.69) is 25.4 Å². The van der Waals surface area contributed by atoms with Gasteiger partial charge in [0.05, 0.1) is 11.5 Å². The Bertz CT molecular complexity index is 1090. The van der Waals surface area contributed by atoms with Gasteiger partial charge in [-0.25, -0.2) is 0 Å². The van der Waals surface area contributed by atoms with Gasteiger partial charge in [0.15, 0.2) is 6.10 Å². The Labute approximate surface area is 186 Å². The van der Waals surface area contributed by atoms with Crippen molar-refractivity contribution >= 4 is 11.6 Å². The molecule has 0 saturated heterocycles. The minimum absolute atomic E-state index is 0.211. The molecule has 2 bridgehead atoms. The molecule has 8 nitrogen and oxygen atoms in total. The van der Waals surface area contributed by atoms with Crippen molar-refractivity contribution in [2.75, 3.05) is 0 Å². The summed E-state index contributed by atoms with van der Waals surface area (Å²) in [4.78, 5) is 18.1. The molecule has 4 saturated carbocycles. The van der Waals surface area contributed by atoms with Crippen LogP contribution >= 0.6 is 0 Å². The predicted octanol–water partition coefficient (Wildman–Crippen LogP) is 3.66. The molecule has 11 heteroatoms. The summed E-state index contributed by atoms with van der Waals surface area (Å²) in [5.74, 6) is 0.425. The van der Waals surface area contributed by atoms with Crippen LogP contribution in [0.4, 0.5) is 13.2 Å². The molecule has 4 aliphatic carbocycles. The minimum atomic E-state index is -4.63. The average molecular weight is 462 g/mol. The topological polar surface area (TPSA) is 98.8 Å². The maximum atomic E-state index is 12.7. The molecule has 4 fully saturated rings. The first-order chi connectivity index (χ1) is 15.7. The summed E-state index contributed by atoms with van der Waals surface area (Å²) in [5, 5.41) is 15.3. The highest BCUT2D eigenvalue weighted by atomic mass is 19.4. The van der Waals surface area contributed by atoms with Crippen LogP contribution in [0.25, 0.3) is 0 Å². The molecule has 1 unspecified atom stereocenters. The fourth-order valence-electron chi connectivity index (χ4n) is 5.48. The predicted molar refractivity (Wildman–Crippen MR) is 106 cm³/mol. The number of amides is 1. The van der Waals surface area contributed by atoms with Crippen LogP contribution in [0.15, 0.2) is 39.9 Å². The number of oxime groups is 1. The molecular weight excluding hydrogens is 441 g/mol. The Morgan fingerprint density at radius 2 is 1.85 bits per heavy atom. The summed E-state index contributed by atoms with van der Waals surface area (Å²) in [6.07, 6.45) is -2.83. The summed E-state index contributed by atoms with van der Waals surface area (Å²) in [7, 11) is 0. The van der Waals surface area contributed by atoms with Crippen LogP contribution in [0.3, 0.4) is 0 Å². The zero-order valence-corrected chi connectivity index (χ0v) is 17.5. The monoisotopic (exact) mass is 462 g/mol. The third-order valence-electron chi connectivity index (χ3n) is 7.15. The first-order valence-corrected chi connectivity index (χ1v) is 10.9. The van der Waals surface area contributed by atoms with E-state index in [4.69, 9.17) is 9.25 Å². The maximum Gasteiger partial charge on any atom is 0.522 e. The lowest BCUT2D eigenvalue weighted by Crippen LogP contribution is -2.77. The fourth-order valence-corrected chi connectivity index (χ4v) is 5.48. The molecule has 5 aliphatic rings. The van der Waals surface area contributed by atoms with Crippen LogP contribution < -0.4 is 5.32 Å². The van der Waals surface area contributed by atoms with Gasteiger partial charge in [-0.15, -0.1) is 23.4 Å². The van der Waals surface area contributed by atoms with Crippen LogP contribution in [-0.4, -0.2) is 39.8 Å². The third kappa shape index (κ3) is 3.58. The standard InChI is InChI=1S/C22H21F3N4O4/c23-22(24,25)32-14-6-13(7-14)18-27-28-19(31-18)20-9-21(10-20,11-20)26-17(30)15-8-16(33-29-15)12-4-2-1-3-5-12/h1-5,13-14,16H,6-11H2,(H,26,30). The van der Waals surface area contributed by atoms with E-state index in [9.17, 15) is 18.0 Å². The summed E-state index contributed by atoms with van der Waals surface area (Å²) in [5.41, 5.74) is 0.790. The normalized spacial score (nSPS) is 34.4. The smallest absolute Gasteiger partial charge is 0.424 e. The number of halogens is 3. The number of ether oxygens (including phenoxy) is 1. The zero-order chi connectivity index (χ0) is 22.8. The van der Waals surface area contributed by atoms with Gasteiger partial charge in [-0.2, -0.15) is 0 Å². The lowest BCUT2D eigenvalue weighted by atomic mass is 9.39. The first-order valence-electron chi connectivity index (χ1n) is 10.9. The van der Waals surface area contributed by atoms with Crippen LogP contribution in [0.1, 0.15) is 67.9 Å². The van der Waals surface area contributed by atoms with E-state index in [1.807, 2.05) is 30.3 Å². The second kappa shape index (κ2) is 7.02. The van der Waals surface area contributed by atoms with E-state index in [-0.39, 0.29) is 41.7 Å². The third-order valence-corrected chi connectivity index (χ3v) is 7.15. The molecule has 174 valence electrons. The van der Waals surface area contributed by atoms with Gasteiger partial charge >= 0.3 is 6.36 Å². The van der Waals surface area contributed by atoms with E-state index in [0.717, 1.165) is 5.56 Å². The number of carbonyl (C=O) groups is 1. The zero-order valence-electron chi connectivity index (χ0n) is 17.5. The van der Waals surface area contributed by atoms with Gasteiger partial charge in [0.1, 0.15) is 5.71 Å². The number of carbonyl (C=O) groups excluding carboxylic acids is 1. The van der Waals surface area contributed by atoms with E-state index < -0.39 is 12.5 Å². The number of rotatable bonds is 6. The molecule has 1 atom stereocenters. The highest BCUT2D eigenvalue weighted by Gasteiger charge is 2.72. The number of alkyl halides is 3. The Hall–Kier alpha value is -2.95. The first kappa shape index (κ1) is 20.6.